The standard InChI is InChI=1S/C25H24N4/c1-18-6-5-9-22-23(18)24(21-10-14-26-15-11-21)27-28-25(22)29-16-12-20(13-17-29)19-7-3-2-4-8-19/h2-11,14-15,20H,12-13,16-17H2,1H3. The average Bonchev–Trinajstić information content (AvgIpc) is 2.80. The van der Waals surface area contributed by atoms with Gasteiger partial charge >= 0.3 is 0 Å². The fourth-order valence-corrected chi connectivity index (χ4v) is 4.46. The Morgan fingerprint density at radius 3 is 2.34 bits per heavy atom. The molecule has 0 saturated carbocycles. The first-order valence-electron chi connectivity index (χ1n) is 10.3. The molecule has 0 spiro atoms. The number of fused-ring (bicyclic) bond motifs is 1. The van der Waals surface area contributed by atoms with Crippen LogP contribution in [0.5, 0.6) is 0 Å². The summed E-state index contributed by atoms with van der Waals surface area (Å²) in [6.45, 7) is 4.16. The van der Waals surface area contributed by atoms with Crippen LogP contribution in [0.4, 0.5) is 5.82 Å². The van der Waals surface area contributed by atoms with Gasteiger partial charge in [0.1, 0.15) is 5.69 Å². The highest BCUT2D eigenvalue weighted by Crippen LogP contribution is 2.36. The number of hydrogen-bond donors (Lipinski definition) is 0. The van der Waals surface area contributed by atoms with Crippen LogP contribution < -0.4 is 4.90 Å². The lowest BCUT2D eigenvalue weighted by atomic mass is 9.89. The Bertz CT molecular complexity index is 1120. The van der Waals surface area contributed by atoms with Crippen molar-refractivity contribution in [1.29, 1.82) is 0 Å². The molecule has 0 atom stereocenters. The summed E-state index contributed by atoms with van der Waals surface area (Å²) in [6, 6.07) is 21.3. The zero-order chi connectivity index (χ0) is 19.6. The zero-order valence-corrected chi connectivity index (χ0v) is 16.6. The summed E-state index contributed by atoms with van der Waals surface area (Å²) in [5.74, 6) is 1.64. The monoisotopic (exact) mass is 380 g/mol. The SMILES string of the molecule is Cc1cccc2c(N3CCC(c4ccccc4)CC3)nnc(-c3ccncc3)c12. The van der Waals surface area contributed by atoms with Crippen molar-refractivity contribution in [3.8, 4) is 11.3 Å². The maximum absolute atomic E-state index is 4.70. The van der Waals surface area contributed by atoms with Crippen molar-refractivity contribution in [3.63, 3.8) is 0 Å². The van der Waals surface area contributed by atoms with Gasteiger partial charge in [-0.15, -0.1) is 10.2 Å². The fraction of sp³-hybridized carbons (Fsp3) is 0.240. The van der Waals surface area contributed by atoms with E-state index in [9.17, 15) is 0 Å². The summed E-state index contributed by atoms with van der Waals surface area (Å²) in [7, 11) is 0. The number of pyridine rings is 1. The van der Waals surface area contributed by atoms with E-state index < -0.39 is 0 Å². The summed E-state index contributed by atoms with van der Waals surface area (Å²) in [5.41, 5.74) is 4.67. The van der Waals surface area contributed by atoms with Gasteiger partial charge in [-0.3, -0.25) is 4.98 Å². The van der Waals surface area contributed by atoms with Gasteiger partial charge in [0.15, 0.2) is 5.82 Å². The first-order valence-corrected chi connectivity index (χ1v) is 10.3. The molecule has 3 heterocycles. The van der Waals surface area contributed by atoms with Gasteiger partial charge < -0.3 is 4.90 Å². The molecule has 0 bridgehead atoms. The van der Waals surface area contributed by atoms with Gasteiger partial charge in [-0.2, -0.15) is 0 Å². The molecule has 1 aliphatic rings. The molecule has 29 heavy (non-hydrogen) atoms. The van der Waals surface area contributed by atoms with E-state index in [-0.39, 0.29) is 0 Å². The van der Waals surface area contributed by atoms with Gasteiger partial charge in [0.25, 0.3) is 0 Å². The Kier molecular flexibility index (Phi) is 4.68. The Morgan fingerprint density at radius 1 is 0.828 bits per heavy atom. The van der Waals surface area contributed by atoms with Crippen molar-refractivity contribution in [2.75, 3.05) is 18.0 Å². The lowest BCUT2D eigenvalue weighted by Crippen LogP contribution is -2.33. The number of aryl methyl sites for hydroxylation is 1. The summed E-state index contributed by atoms with van der Waals surface area (Å²) in [4.78, 5) is 6.55. The predicted molar refractivity (Wildman–Crippen MR) is 118 cm³/mol. The molecule has 0 radical (unpaired) electrons. The lowest BCUT2D eigenvalue weighted by molar-refractivity contribution is 0.502. The number of benzene rings is 2. The molecule has 1 aliphatic heterocycles. The fourth-order valence-electron chi connectivity index (χ4n) is 4.46. The van der Waals surface area contributed by atoms with Crippen molar-refractivity contribution in [2.24, 2.45) is 0 Å². The summed E-state index contributed by atoms with van der Waals surface area (Å²) >= 11 is 0. The minimum absolute atomic E-state index is 0.629. The van der Waals surface area contributed by atoms with Crippen LogP contribution >= 0.6 is 0 Å². The van der Waals surface area contributed by atoms with E-state index in [2.05, 4.69) is 70.4 Å². The van der Waals surface area contributed by atoms with Crippen molar-refractivity contribution >= 4 is 16.6 Å². The van der Waals surface area contributed by atoms with Crippen molar-refractivity contribution in [2.45, 2.75) is 25.7 Å². The van der Waals surface area contributed by atoms with Crippen LogP contribution in [0.15, 0.2) is 73.1 Å². The Morgan fingerprint density at radius 2 is 1.59 bits per heavy atom. The second-order valence-corrected chi connectivity index (χ2v) is 7.78. The van der Waals surface area contributed by atoms with Gasteiger partial charge in [-0.05, 0) is 48.9 Å². The minimum Gasteiger partial charge on any atom is -0.355 e. The lowest BCUT2D eigenvalue weighted by Gasteiger charge is -2.33. The molecule has 2 aromatic carbocycles. The van der Waals surface area contributed by atoms with Gasteiger partial charge in [0.2, 0.25) is 0 Å². The highest BCUT2D eigenvalue weighted by atomic mass is 15.3. The number of rotatable bonds is 3. The van der Waals surface area contributed by atoms with Crippen LogP contribution in [-0.4, -0.2) is 28.3 Å². The number of hydrogen-bond acceptors (Lipinski definition) is 4. The molecule has 2 aromatic heterocycles. The number of aromatic nitrogens is 3. The van der Waals surface area contributed by atoms with E-state index in [1.807, 2.05) is 24.5 Å². The van der Waals surface area contributed by atoms with Crippen LogP contribution in [0.2, 0.25) is 0 Å². The van der Waals surface area contributed by atoms with Crippen LogP contribution in [0.3, 0.4) is 0 Å². The van der Waals surface area contributed by atoms with E-state index in [0.717, 1.165) is 43.0 Å². The summed E-state index contributed by atoms with van der Waals surface area (Å²) in [5, 5.41) is 11.7. The Hall–Kier alpha value is -3.27. The molecular weight excluding hydrogens is 356 g/mol. The summed E-state index contributed by atoms with van der Waals surface area (Å²) in [6.07, 6.45) is 5.91. The van der Waals surface area contributed by atoms with E-state index in [1.54, 1.807) is 0 Å². The van der Waals surface area contributed by atoms with Gasteiger partial charge in [-0.1, -0.05) is 48.5 Å². The van der Waals surface area contributed by atoms with E-state index in [4.69, 9.17) is 5.10 Å². The molecule has 0 N–H and O–H groups in total. The third-order valence-electron chi connectivity index (χ3n) is 6.01. The molecule has 5 rings (SSSR count). The average molecular weight is 380 g/mol. The van der Waals surface area contributed by atoms with Crippen molar-refractivity contribution in [1.82, 2.24) is 15.2 Å². The second-order valence-electron chi connectivity index (χ2n) is 7.78. The molecule has 4 nitrogen and oxygen atoms in total. The minimum atomic E-state index is 0.629. The molecule has 4 heteroatoms. The smallest absolute Gasteiger partial charge is 0.159 e. The molecule has 144 valence electrons. The normalized spacial score (nSPS) is 15.0. The first-order chi connectivity index (χ1) is 14.3. The van der Waals surface area contributed by atoms with Gasteiger partial charge in [-0.25, -0.2) is 0 Å². The summed E-state index contributed by atoms with van der Waals surface area (Å²) < 4.78 is 0. The molecule has 4 aromatic rings. The quantitative estimate of drug-likeness (QED) is 0.478. The molecule has 0 unspecified atom stereocenters. The Labute approximate surface area is 171 Å². The topological polar surface area (TPSA) is 41.9 Å². The molecular formula is C25H24N4. The maximum Gasteiger partial charge on any atom is 0.159 e. The highest BCUT2D eigenvalue weighted by Gasteiger charge is 2.24. The zero-order valence-electron chi connectivity index (χ0n) is 16.6. The maximum atomic E-state index is 4.70. The largest absolute Gasteiger partial charge is 0.355 e. The number of nitrogens with zero attached hydrogens (tertiary/aromatic N) is 4. The van der Waals surface area contributed by atoms with Gasteiger partial charge in [0.05, 0.1) is 0 Å². The van der Waals surface area contributed by atoms with Crippen molar-refractivity contribution in [3.05, 3.63) is 84.2 Å². The van der Waals surface area contributed by atoms with Crippen molar-refractivity contribution < 1.29 is 0 Å². The van der Waals surface area contributed by atoms with Crippen LogP contribution in [0.25, 0.3) is 22.0 Å². The van der Waals surface area contributed by atoms with Gasteiger partial charge in [0, 0.05) is 41.8 Å². The highest BCUT2D eigenvalue weighted by molar-refractivity contribution is 6.02. The third-order valence-corrected chi connectivity index (χ3v) is 6.01. The molecule has 0 amide bonds. The molecule has 1 saturated heterocycles. The van der Waals surface area contributed by atoms with E-state index >= 15 is 0 Å². The molecule has 1 fully saturated rings. The number of piperidine rings is 1. The van der Waals surface area contributed by atoms with Crippen LogP contribution in [0.1, 0.15) is 29.9 Å². The third kappa shape index (κ3) is 3.35. The predicted octanol–water partition coefficient (Wildman–Crippen LogP) is 5.38. The number of anilines is 1. The molecule has 0 aliphatic carbocycles. The van der Waals surface area contributed by atoms with E-state index in [0.29, 0.717) is 5.92 Å². The second kappa shape index (κ2) is 7.63. The first kappa shape index (κ1) is 17.8. The van der Waals surface area contributed by atoms with E-state index in [1.165, 1.54) is 21.9 Å². The van der Waals surface area contributed by atoms with Crippen LogP contribution in [0, 0.1) is 6.92 Å². The van der Waals surface area contributed by atoms with Crippen LogP contribution in [-0.2, 0) is 0 Å². The Balaban J connectivity index is 1.50.